The molecule has 10 heteroatoms. The van der Waals surface area contributed by atoms with Crippen LogP contribution in [0.4, 0.5) is 5.69 Å². The summed E-state index contributed by atoms with van der Waals surface area (Å²) in [6, 6.07) is 4.12. The molecule has 9 nitrogen and oxygen atoms in total. The number of phenolic OH excluding ortho intramolecular Hbond substituents is 1. The van der Waals surface area contributed by atoms with Gasteiger partial charge in [-0.25, -0.2) is 8.96 Å². The van der Waals surface area contributed by atoms with Crippen molar-refractivity contribution in [3.8, 4) is 5.75 Å². The molecule has 2 rings (SSSR count). The van der Waals surface area contributed by atoms with Crippen LogP contribution in [0.2, 0.25) is 0 Å². The molecule has 0 aliphatic rings. The van der Waals surface area contributed by atoms with E-state index in [-0.39, 0.29) is 17.7 Å². The molecule has 0 spiro atoms. The molecule has 0 aliphatic carbocycles. The van der Waals surface area contributed by atoms with Gasteiger partial charge in [-0.15, -0.1) is 0 Å². The first-order chi connectivity index (χ1) is 10.2. The highest BCUT2D eigenvalue weighted by atomic mass is 32.2. The second-order valence-electron chi connectivity index (χ2n) is 4.69. The van der Waals surface area contributed by atoms with Gasteiger partial charge in [0.05, 0.1) is 10.6 Å². The van der Waals surface area contributed by atoms with Crippen molar-refractivity contribution < 1.29 is 18.4 Å². The van der Waals surface area contributed by atoms with E-state index >= 15 is 0 Å². The lowest BCUT2D eigenvalue weighted by Gasteiger charge is -2.14. The number of aromatic hydroxyl groups is 1. The maximum Gasteiger partial charge on any atom is 0.314 e. The predicted molar refractivity (Wildman–Crippen MR) is 77.8 cm³/mol. The maximum absolute atomic E-state index is 12.2. The number of hydrogen-bond acceptors (Lipinski definition) is 6. The molecule has 0 fully saturated rings. The Morgan fingerprint density at radius 2 is 2.09 bits per heavy atom. The van der Waals surface area contributed by atoms with Crippen molar-refractivity contribution in [2.75, 3.05) is 14.1 Å². The van der Waals surface area contributed by atoms with E-state index in [2.05, 4.69) is 4.98 Å². The summed E-state index contributed by atoms with van der Waals surface area (Å²) in [5, 5.41) is 20.7. The molecule has 1 aromatic heterocycles. The van der Waals surface area contributed by atoms with Gasteiger partial charge in [-0.1, -0.05) is 12.1 Å². The maximum atomic E-state index is 12.2. The predicted octanol–water partition coefficient (Wildman–Crippen LogP) is 0.742. The molecule has 2 aromatic rings. The zero-order valence-electron chi connectivity index (χ0n) is 11.9. The minimum absolute atomic E-state index is 0.0578. The van der Waals surface area contributed by atoms with Crippen LogP contribution < -0.4 is 0 Å². The molecule has 0 saturated heterocycles. The van der Waals surface area contributed by atoms with Gasteiger partial charge in [0.2, 0.25) is 0 Å². The summed E-state index contributed by atoms with van der Waals surface area (Å²) in [5.74, 6) is -0.468. The number of imidazole rings is 1. The zero-order chi connectivity index (χ0) is 16.5. The quantitative estimate of drug-likeness (QED) is 0.639. The van der Waals surface area contributed by atoms with E-state index in [0.29, 0.717) is 0 Å². The fourth-order valence-electron chi connectivity index (χ4n) is 1.94. The van der Waals surface area contributed by atoms with Gasteiger partial charge in [-0.2, -0.15) is 12.7 Å². The average molecular weight is 326 g/mol. The lowest BCUT2D eigenvalue weighted by molar-refractivity contribution is -0.386. The smallest absolute Gasteiger partial charge is 0.314 e. The van der Waals surface area contributed by atoms with Crippen molar-refractivity contribution in [2.45, 2.75) is 6.42 Å². The first-order valence-electron chi connectivity index (χ1n) is 6.14. The molecule has 0 aliphatic heterocycles. The van der Waals surface area contributed by atoms with E-state index in [4.69, 9.17) is 0 Å². The van der Waals surface area contributed by atoms with Crippen molar-refractivity contribution in [3.63, 3.8) is 0 Å². The normalized spacial score (nSPS) is 11.8. The van der Waals surface area contributed by atoms with Crippen LogP contribution in [-0.4, -0.2) is 45.8 Å². The number of benzene rings is 1. The van der Waals surface area contributed by atoms with Gasteiger partial charge < -0.3 is 5.11 Å². The first-order valence-corrected chi connectivity index (χ1v) is 7.54. The number of nitro benzene ring substituents is 1. The van der Waals surface area contributed by atoms with E-state index in [1.165, 1.54) is 38.5 Å². The van der Waals surface area contributed by atoms with Crippen molar-refractivity contribution in [1.82, 2.24) is 13.3 Å². The molecule has 0 unspecified atom stereocenters. The molecule has 1 heterocycles. The molecule has 0 saturated carbocycles. The van der Waals surface area contributed by atoms with E-state index in [9.17, 15) is 23.6 Å². The van der Waals surface area contributed by atoms with Crippen molar-refractivity contribution in [3.05, 3.63) is 52.1 Å². The topological polar surface area (TPSA) is 119 Å². The van der Waals surface area contributed by atoms with E-state index < -0.39 is 26.6 Å². The summed E-state index contributed by atoms with van der Waals surface area (Å²) in [4.78, 5) is 14.1. The van der Waals surface area contributed by atoms with Crippen molar-refractivity contribution in [2.24, 2.45) is 0 Å². The fourth-order valence-corrected chi connectivity index (χ4v) is 2.88. The standard InChI is InChI=1S/C12H14N4O5S/c1-14(2)22(20,21)15-8-13-7-10(15)6-9-4-3-5-11(17)12(9)16(18)19/h3-5,7-8,17H,6H2,1-2H3. The molecule has 0 amide bonds. The van der Waals surface area contributed by atoms with Gasteiger partial charge in [-0.3, -0.25) is 10.1 Å². The number of hydrogen-bond donors (Lipinski definition) is 1. The Balaban J connectivity index is 2.49. The van der Waals surface area contributed by atoms with E-state index in [1.54, 1.807) is 0 Å². The van der Waals surface area contributed by atoms with Crippen LogP contribution in [0, 0.1) is 10.1 Å². The molecule has 1 aromatic carbocycles. The number of aromatic nitrogens is 2. The summed E-state index contributed by atoms with van der Waals surface area (Å²) < 4.78 is 26.3. The third-order valence-corrected chi connectivity index (χ3v) is 4.79. The minimum Gasteiger partial charge on any atom is -0.502 e. The summed E-state index contributed by atoms with van der Waals surface area (Å²) in [7, 11) is -1.03. The second-order valence-corrected chi connectivity index (χ2v) is 6.71. The average Bonchev–Trinajstić information content (AvgIpc) is 2.86. The summed E-state index contributed by atoms with van der Waals surface area (Å²) in [6.07, 6.45) is 2.38. The van der Waals surface area contributed by atoms with Crippen LogP contribution in [0.15, 0.2) is 30.7 Å². The molecule has 0 radical (unpaired) electrons. The number of nitrogens with zero attached hydrogens (tertiary/aromatic N) is 4. The second kappa shape index (κ2) is 5.73. The monoisotopic (exact) mass is 326 g/mol. The molecule has 22 heavy (non-hydrogen) atoms. The summed E-state index contributed by atoms with van der Waals surface area (Å²) in [5.41, 5.74) is 0.000562. The summed E-state index contributed by atoms with van der Waals surface area (Å²) >= 11 is 0. The Hall–Kier alpha value is -2.46. The van der Waals surface area contributed by atoms with Gasteiger partial charge in [0.1, 0.15) is 6.33 Å². The molecular weight excluding hydrogens is 312 g/mol. The molecule has 0 atom stereocenters. The first kappa shape index (κ1) is 15.9. The van der Waals surface area contributed by atoms with Gasteiger partial charge in [-0.05, 0) is 6.07 Å². The third kappa shape index (κ3) is 2.78. The summed E-state index contributed by atoms with van der Waals surface area (Å²) in [6.45, 7) is 0. The fraction of sp³-hybridized carbons (Fsp3) is 0.250. The lowest BCUT2D eigenvalue weighted by atomic mass is 10.1. The third-order valence-electron chi connectivity index (χ3n) is 3.04. The van der Waals surface area contributed by atoms with Crippen LogP contribution in [0.5, 0.6) is 5.75 Å². The number of para-hydroxylation sites is 1. The van der Waals surface area contributed by atoms with Crippen LogP contribution in [0.1, 0.15) is 11.3 Å². The molecule has 0 bridgehead atoms. The Kier molecular flexibility index (Phi) is 4.15. The highest BCUT2D eigenvalue weighted by molar-refractivity contribution is 7.87. The molecule has 118 valence electrons. The Morgan fingerprint density at radius 1 is 1.41 bits per heavy atom. The van der Waals surface area contributed by atoms with Crippen molar-refractivity contribution >= 4 is 15.9 Å². The highest BCUT2D eigenvalue weighted by Crippen LogP contribution is 2.31. The SMILES string of the molecule is CN(C)S(=O)(=O)n1cncc1Cc1cccc(O)c1[N+](=O)[O-]. The van der Waals surface area contributed by atoms with Crippen molar-refractivity contribution in [1.29, 1.82) is 0 Å². The minimum atomic E-state index is -3.77. The van der Waals surface area contributed by atoms with E-state index in [0.717, 1.165) is 14.6 Å². The number of phenols is 1. The van der Waals surface area contributed by atoms with Gasteiger partial charge >= 0.3 is 15.9 Å². The van der Waals surface area contributed by atoms with Gasteiger partial charge in [0.15, 0.2) is 5.75 Å². The van der Waals surface area contributed by atoms with Gasteiger partial charge in [0, 0.05) is 32.3 Å². The Morgan fingerprint density at radius 3 is 2.68 bits per heavy atom. The van der Waals surface area contributed by atoms with Crippen LogP contribution in [0.3, 0.4) is 0 Å². The number of nitro groups is 1. The van der Waals surface area contributed by atoms with Crippen LogP contribution >= 0.6 is 0 Å². The Labute approximate surface area is 126 Å². The Bertz CT molecular complexity index is 813. The van der Waals surface area contributed by atoms with Gasteiger partial charge in [0.25, 0.3) is 0 Å². The van der Waals surface area contributed by atoms with Crippen LogP contribution in [-0.2, 0) is 16.6 Å². The molecule has 1 N–H and O–H groups in total. The number of rotatable bonds is 5. The molecular formula is C12H14N4O5S. The lowest BCUT2D eigenvalue weighted by Crippen LogP contribution is -2.29. The largest absolute Gasteiger partial charge is 0.502 e. The highest BCUT2D eigenvalue weighted by Gasteiger charge is 2.24. The van der Waals surface area contributed by atoms with E-state index in [1.807, 2.05) is 0 Å². The van der Waals surface area contributed by atoms with Crippen LogP contribution in [0.25, 0.3) is 0 Å². The zero-order valence-corrected chi connectivity index (χ0v) is 12.7.